The summed E-state index contributed by atoms with van der Waals surface area (Å²) in [5, 5.41) is 0. The highest BCUT2D eigenvalue weighted by Gasteiger charge is 2.03. The molecule has 1 aliphatic rings. The Bertz CT molecular complexity index is 151. The van der Waals surface area contributed by atoms with E-state index in [1.54, 1.807) is 0 Å². The molecule has 0 aromatic heterocycles. The van der Waals surface area contributed by atoms with Gasteiger partial charge in [-0.2, -0.15) is 0 Å². The van der Waals surface area contributed by atoms with E-state index in [0.29, 0.717) is 5.92 Å². The summed E-state index contributed by atoms with van der Waals surface area (Å²) in [6, 6.07) is 0. The third-order valence-electron chi connectivity index (χ3n) is 2.03. The molecule has 1 aliphatic carbocycles. The van der Waals surface area contributed by atoms with E-state index in [1.807, 2.05) is 0 Å². The van der Waals surface area contributed by atoms with Crippen molar-refractivity contribution in [1.82, 2.24) is 0 Å². The highest BCUT2D eigenvalue weighted by molar-refractivity contribution is 5.03. The zero-order valence-electron chi connectivity index (χ0n) is 7.59. The molecule has 62 valence electrons. The quantitative estimate of drug-likeness (QED) is 0.528. The van der Waals surface area contributed by atoms with Gasteiger partial charge < -0.3 is 0 Å². The molecule has 0 bridgehead atoms. The third kappa shape index (κ3) is 3.41. The van der Waals surface area contributed by atoms with Crippen LogP contribution in [0, 0.1) is 11.8 Å². The summed E-state index contributed by atoms with van der Waals surface area (Å²) in [6.45, 7) is 4.45. The lowest BCUT2D eigenvalue weighted by atomic mass is 9.95. The van der Waals surface area contributed by atoms with Crippen LogP contribution in [0.1, 0.15) is 33.1 Å². The van der Waals surface area contributed by atoms with Gasteiger partial charge in [0.2, 0.25) is 0 Å². The first kappa shape index (κ1) is 8.58. The van der Waals surface area contributed by atoms with Crippen LogP contribution in [0.2, 0.25) is 0 Å². The lowest BCUT2D eigenvalue weighted by Crippen LogP contribution is -1.96. The van der Waals surface area contributed by atoms with E-state index in [4.69, 9.17) is 0 Å². The lowest BCUT2D eigenvalue weighted by molar-refractivity contribution is 0.626. The smallest absolute Gasteiger partial charge is 0.00533 e. The Hall–Kier alpha value is -0.520. The van der Waals surface area contributed by atoms with Crippen LogP contribution in [0.25, 0.3) is 0 Å². The van der Waals surface area contributed by atoms with Crippen LogP contribution in [0.15, 0.2) is 24.3 Å². The second-order valence-corrected chi connectivity index (χ2v) is 3.65. The number of allylic oxidation sites excluding steroid dienone is 4. The van der Waals surface area contributed by atoms with E-state index < -0.39 is 0 Å². The van der Waals surface area contributed by atoms with Crippen LogP contribution in [0.5, 0.6) is 0 Å². The fourth-order valence-corrected chi connectivity index (χ4v) is 1.36. The highest BCUT2D eigenvalue weighted by Crippen LogP contribution is 2.18. The largest absolute Gasteiger partial charge is 0.0879 e. The molecular formula is C11H18. The summed E-state index contributed by atoms with van der Waals surface area (Å²) >= 11 is 0. The molecule has 0 aliphatic heterocycles. The number of hydrogen-bond donors (Lipinski definition) is 0. The van der Waals surface area contributed by atoms with Gasteiger partial charge in [0.25, 0.3) is 0 Å². The van der Waals surface area contributed by atoms with Gasteiger partial charge in [-0.1, -0.05) is 38.2 Å². The summed E-state index contributed by atoms with van der Waals surface area (Å²) in [5.74, 6) is 1.43. The molecule has 0 saturated heterocycles. The first-order valence-corrected chi connectivity index (χ1v) is 4.64. The van der Waals surface area contributed by atoms with Gasteiger partial charge in [-0.15, -0.1) is 0 Å². The maximum atomic E-state index is 2.35. The monoisotopic (exact) mass is 150 g/mol. The first-order valence-electron chi connectivity index (χ1n) is 4.64. The average molecular weight is 150 g/mol. The van der Waals surface area contributed by atoms with Crippen LogP contribution in [0.4, 0.5) is 0 Å². The van der Waals surface area contributed by atoms with E-state index in [-0.39, 0.29) is 0 Å². The molecule has 0 heterocycles. The summed E-state index contributed by atoms with van der Waals surface area (Å²) in [4.78, 5) is 0. The first-order chi connectivity index (χ1) is 5.29. The van der Waals surface area contributed by atoms with Crippen molar-refractivity contribution in [3.8, 4) is 0 Å². The molecule has 0 nitrogen and oxygen atoms in total. The Balaban J connectivity index is 2.35. The third-order valence-corrected chi connectivity index (χ3v) is 2.03. The molecule has 11 heavy (non-hydrogen) atoms. The van der Waals surface area contributed by atoms with E-state index >= 15 is 0 Å². The molecule has 0 fully saturated rings. The molecule has 0 aromatic rings. The molecule has 0 aromatic carbocycles. The van der Waals surface area contributed by atoms with E-state index in [0.717, 1.165) is 5.92 Å². The van der Waals surface area contributed by atoms with E-state index in [9.17, 15) is 0 Å². The molecule has 0 heteroatoms. The molecule has 1 unspecified atom stereocenters. The van der Waals surface area contributed by atoms with Crippen molar-refractivity contribution in [2.45, 2.75) is 33.1 Å². The maximum absolute atomic E-state index is 2.35. The van der Waals surface area contributed by atoms with Crippen molar-refractivity contribution in [3.63, 3.8) is 0 Å². The van der Waals surface area contributed by atoms with Gasteiger partial charge in [-0.3, -0.25) is 0 Å². The molecular weight excluding hydrogens is 132 g/mol. The average Bonchev–Trinajstić information content (AvgIpc) is 2.03. The van der Waals surface area contributed by atoms with Crippen LogP contribution in [0.3, 0.4) is 0 Å². The molecule has 0 saturated carbocycles. The Morgan fingerprint density at radius 3 is 2.82 bits per heavy atom. The zero-order chi connectivity index (χ0) is 8.10. The van der Waals surface area contributed by atoms with Crippen LogP contribution in [-0.4, -0.2) is 0 Å². The van der Waals surface area contributed by atoms with Crippen LogP contribution >= 0.6 is 0 Å². The predicted octanol–water partition coefficient (Wildman–Crippen LogP) is 3.55. The van der Waals surface area contributed by atoms with Gasteiger partial charge in [-0.05, 0) is 31.1 Å². The van der Waals surface area contributed by atoms with Crippen molar-refractivity contribution < 1.29 is 0 Å². The Kier molecular flexibility index (Phi) is 3.41. The van der Waals surface area contributed by atoms with Gasteiger partial charge in [0.15, 0.2) is 0 Å². The Morgan fingerprint density at radius 1 is 1.45 bits per heavy atom. The van der Waals surface area contributed by atoms with Crippen molar-refractivity contribution in [3.05, 3.63) is 24.3 Å². The minimum Gasteiger partial charge on any atom is -0.0879 e. The van der Waals surface area contributed by atoms with Gasteiger partial charge in [0, 0.05) is 0 Å². The summed E-state index contributed by atoms with van der Waals surface area (Å²) < 4.78 is 0. The van der Waals surface area contributed by atoms with Crippen LogP contribution in [-0.2, 0) is 0 Å². The fraction of sp³-hybridized carbons (Fsp3) is 0.636. The summed E-state index contributed by atoms with van der Waals surface area (Å²) in [7, 11) is 0. The second-order valence-electron chi connectivity index (χ2n) is 3.65. The fourth-order valence-electron chi connectivity index (χ4n) is 1.36. The zero-order valence-corrected chi connectivity index (χ0v) is 7.59. The van der Waals surface area contributed by atoms with Crippen LogP contribution < -0.4 is 0 Å². The van der Waals surface area contributed by atoms with Crippen molar-refractivity contribution in [2.75, 3.05) is 0 Å². The molecule has 0 spiro atoms. The topological polar surface area (TPSA) is 0 Å². The van der Waals surface area contributed by atoms with Gasteiger partial charge in [0.1, 0.15) is 0 Å². The van der Waals surface area contributed by atoms with E-state index in [2.05, 4.69) is 38.2 Å². The van der Waals surface area contributed by atoms with Gasteiger partial charge in [0.05, 0.1) is 0 Å². The Morgan fingerprint density at radius 2 is 2.27 bits per heavy atom. The Labute approximate surface area is 70.0 Å². The number of rotatable bonds is 2. The minimum atomic E-state index is 0.699. The predicted molar refractivity (Wildman–Crippen MR) is 50.5 cm³/mol. The molecule has 0 N–H and O–H groups in total. The van der Waals surface area contributed by atoms with Gasteiger partial charge in [-0.25, -0.2) is 0 Å². The molecule has 1 atom stereocenters. The van der Waals surface area contributed by atoms with Gasteiger partial charge >= 0.3 is 0 Å². The molecule has 0 amide bonds. The number of hydrogen-bond acceptors (Lipinski definition) is 0. The summed E-state index contributed by atoms with van der Waals surface area (Å²) in [6.07, 6.45) is 13.3. The normalized spacial score (nSPS) is 25.2. The second kappa shape index (κ2) is 4.38. The molecule has 0 radical (unpaired) electrons. The van der Waals surface area contributed by atoms with Crippen molar-refractivity contribution in [2.24, 2.45) is 11.8 Å². The highest BCUT2D eigenvalue weighted by atomic mass is 14.1. The standard InChI is InChI=1S/C11H18/c1-10(2)8-9-11-6-4-3-5-7-11/h4,6,8-11H,3,5,7H2,1-2H3. The molecule has 1 rings (SSSR count). The van der Waals surface area contributed by atoms with Crippen molar-refractivity contribution in [1.29, 1.82) is 0 Å². The SMILES string of the molecule is CC(C)C=CC1C=CCCC1. The lowest BCUT2D eigenvalue weighted by Gasteiger charge is -2.11. The van der Waals surface area contributed by atoms with Crippen molar-refractivity contribution >= 4 is 0 Å². The maximum Gasteiger partial charge on any atom is -0.00533 e. The minimum absolute atomic E-state index is 0.699. The van der Waals surface area contributed by atoms with E-state index in [1.165, 1.54) is 19.3 Å². The summed E-state index contributed by atoms with van der Waals surface area (Å²) in [5.41, 5.74) is 0.